The summed E-state index contributed by atoms with van der Waals surface area (Å²) in [7, 11) is 0. The Morgan fingerprint density at radius 3 is 3.12 bits per heavy atom. The Labute approximate surface area is 112 Å². The Morgan fingerprint density at radius 2 is 2.35 bits per heavy atom. The van der Waals surface area contributed by atoms with E-state index in [1.54, 1.807) is 12.5 Å². The van der Waals surface area contributed by atoms with Crippen LogP contribution in [-0.2, 0) is 0 Å². The van der Waals surface area contributed by atoms with Gasteiger partial charge in [0.05, 0.1) is 4.47 Å². The van der Waals surface area contributed by atoms with E-state index in [1.807, 2.05) is 0 Å². The van der Waals surface area contributed by atoms with Gasteiger partial charge in [0.15, 0.2) is 0 Å². The fourth-order valence-electron chi connectivity index (χ4n) is 2.66. The molecule has 94 valence electrons. The van der Waals surface area contributed by atoms with Crippen LogP contribution in [0.15, 0.2) is 17.0 Å². The molecule has 2 unspecified atom stereocenters. The molecule has 2 rings (SSSR count). The molecular formula is C13H20BrN3. The maximum Gasteiger partial charge on any atom is 0.143 e. The fraction of sp³-hybridized carbons (Fsp3) is 0.692. The zero-order valence-corrected chi connectivity index (χ0v) is 11.9. The number of halogens is 1. The Hall–Kier alpha value is -0.640. The molecule has 1 heterocycles. The van der Waals surface area contributed by atoms with Crippen LogP contribution in [0.2, 0.25) is 0 Å². The van der Waals surface area contributed by atoms with E-state index in [4.69, 9.17) is 0 Å². The second-order valence-electron chi connectivity index (χ2n) is 5.07. The third-order valence-electron chi connectivity index (χ3n) is 3.56. The number of aromatic nitrogens is 2. The largest absolute Gasteiger partial charge is 0.369 e. The molecule has 2 atom stereocenters. The van der Waals surface area contributed by atoms with Crippen LogP contribution < -0.4 is 5.32 Å². The van der Waals surface area contributed by atoms with E-state index >= 15 is 0 Å². The second-order valence-corrected chi connectivity index (χ2v) is 5.93. The van der Waals surface area contributed by atoms with Crippen LogP contribution in [-0.4, -0.2) is 16.5 Å². The molecule has 1 aromatic heterocycles. The summed E-state index contributed by atoms with van der Waals surface area (Å²) >= 11 is 3.44. The molecule has 0 saturated heterocycles. The standard InChI is InChI=1S/C13H20BrN3/c1-10-3-2-4-11(7-10)5-6-16-13-12(14)8-15-9-17-13/h8-11H,2-7H2,1H3,(H,15,16,17). The molecule has 17 heavy (non-hydrogen) atoms. The monoisotopic (exact) mass is 297 g/mol. The van der Waals surface area contributed by atoms with Crippen molar-refractivity contribution in [1.29, 1.82) is 0 Å². The summed E-state index contributed by atoms with van der Waals surface area (Å²) in [6.07, 6.45) is 10.2. The third-order valence-corrected chi connectivity index (χ3v) is 4.14. The van der Waals surface area contributed by atoms with Crippen LogP contribution >= 0.6 is 15.9 Å². The van der Waals surface area contributed by atoms with Crippen LogP contribution in [0.25, 0.3) is 0 Å². The first-order valence-corrected chi connectivity index (χ1v) is 7.24. The van der Waals surface area contributed by atoms with E-state index in [0.29, 0.717) is 0 Å². The number of anilines is 1. The van der Waals surface area contributed by atoms with Gasteiger partial charge in [-0.25, -0.2) is 9.97 Å². The van der Waals surface area contributed by atoms with E-state index in [1.165, 1.54) is 32.1 Å². The molecule has 1 fully saturated rings. The molecule has 0 radical (unpaired) electrons. The Morgan fingerprint density at radius 1 is 1.47 bits per heavy atom. The van der Waals surface area contributed by atoms with Crippen molar-refractivity contribution in [3.63, 3.8) is 0 Å². The normalized spacial score (nSPS) is 24.6. The molecule has 0 amide bonds. The van der Waals surface area contributed by atoms with Gasteiger partial charge in [0, 0.05) is 12.7 Å². The Kier molecular flexibility index (Phi) is 4.77. The zero-order chi connectivity index (χ0) is 12.1. The summed E-state index contributed by atoms with van der Waals surface area (Å²) in [5, 5.41) is 3.38. The SMILES string of the molecule is CC1CCCC(CCNc2ncncc2Br)C1. The van der Waals surface area contributed by atoms with Crippen LogP contribution in [0.1, 0.15) is 39.0 Å². The molecule has 1 saturated carbocycles. The lowest BCUT2D eigenvalue weighted by Crippen LogP contribution is -2.17. The van der Waals surface area contributed by atoms with Gasteiger partial charge in [-0.15, -0.1) is 0 Å². The molecule has 1 aliphatic carbocycles. The Bertz CT molecular complexity index is 356. The van der Waals surface area contributed by atoms with Crippen LogP contribution in [0.3, 0.4) is 0 Å². The summed E-state index contributed by atoms with van der Waals surface area (Å²) in [4.78, 5) is 8.16. The summed E-state index contributed by atoms with van der Waals surface area (Å²) in [5.41, 5.74) is 0. The summed E-state index contributed by atoms with van der Waals surface area (Å²) in [6, 6.07) is 0. The highest BCUT2D eigenvalue weighted by atomic mass is 79.9. The molecule has 1 N–H and O–H groups in total. The van der Waals surface area contributed by atoms with Crippen molar-refractivity contribution in [2.75, 3.05) is 11.9 Å². The number of hydrogen-bond donors (Lipinski definition) is 1. The molecule has 1 aliphatic rings. The smallest absolute Gasteiger partial charge is 0.143 e. The van der Waals surface area contributed by atoms with Gasteiger partial charge in [0.25, 0.3) is 0 Å². The number of rotatable bonds is 4. The first-order chi connectivity index (χ1) is 8.25. The predicted molar refractivity (Wildman–Crippen MR) is 74.0 cm³/mol. The summed E-state index contributed by atoms with van der Waals surface area (Å²) in [5.74, 6) is 2.72. The maximum atomic E-state index is 4.21. The minimum Gasteiger partial charge on any atom is -0.369 e. The minimum absolute atomic E-state index is 0.895. The average Bonchev–Trinajstić information content (AvgIpc) is 2.32. The van der Waals surface area contributed by atoms with Gasteiger partial charge in [-0.3, -0.25) is 0 Å². The van der Waals surface area contributed by atoms with Gasteiger partial charge in [-0.2, -0.15) is 0 Å². The van der Waals surface area contributed by atoms with Crippen molar-refractivity contribution in [3.8, 4) is 0 Å². The number of nitrogens with zero attached hydrogens (tertiary/aromatic N) is 2. The number of nitrogens with one attached hydrogen (secondary N) is 1. The van der Waals surface area contributed by atoms with Crippen molar-refractivity contribution in [2.24, 2.45) is 11.8 Å². The summed E-state index contributed by atoms with van der Waals surface area (Å²) < 4.78 is 0.942. The molecule has 4 heteroatoms. The van der Waals surface area contributed by atoms with Gasteiger partial charge in [-0.1, -0.05) is 26.2 Å². The zero-order valence-electron chi connectivity index (χ0n) is 10.3. The lowest BCUT2D eigenvalue weighted by atomic mass is 9.81. The van der Waals surface area contributed by atoms with Gasteiger partial charge >= 0.3 is 0 Å². The predicted octanol–water partition coefficient (Wildman–Crippen LogP) is 3.87. The van der Waals surface area contributed by atoms with E-state index < -0.39 is 0 Å². The van der Waals surface area contributed by atoms with E-state index in [0.717, 1.165) is 28.7 Å². The molecule has 3 nitrogen and oxygen atoms in total. The van der Waals surface area contributed by atoms with E-state index in [2.05, 4.69) is 38.1 Å². The van der Waals surface area contributed by atoms with Crippen molar-refractivity contribution in [3.05, 3.63) is 17.0 Å². The van der Waals surface area contributed by atoms with Gasteiger partial charge in [-0.05, 0) is 40.6 Å². The highest BCUT2D eigenvalue weighted by Gasteiger charge is 2.18. The number of hydrogen-bond acceptors (Lipinski definition) is 3. The highest BCUT2D eigenvalue weighted by molar-refractivity contribution is 9.10. The van der Waals surface area contributed by atoms with E-state index in [9.17, 15) is 0 Å². The Balaban J connectivity index is 1.74. The molecule has 1 aromatic rings. The fourth-order valence-corrected chi connectivity index (χ4v) is 3.02. The average molecular weight is 298 g/mol. The molecule has 0 spiro atoms. The van der Waals surface area contributed by atoms with Crippen molar-refractivity contribution in [1.82, 2.24) is 9.97 Å². The topological polar surface area (TPSA) is 37.8 Å². The van der Waals surface area contributed by atoms with Crippen LogP contribution in [0, 0.1) is 11.8 Å². The molecule has 0 bridgehead atoms. The minimum atomic E-state index is 0.895. The van der Waals surface area contributed by atoms with Crippen LogP contribution in [0.5, 0.6) is 0 Å². The first kappa shape index (κ1) is 12.8. The summed E-state index contributed by atoms with van der Waals surface area (Å²) in [6.45, 7) is 3.38. The highest BCUT2D eigenvalue weighted by Crippen LogP contribution is 2.30. The van der Waals surface area contributed by atoms with Gasteiger partial charge < -0.3 is 5.32 Å². The van der Waals surface area contributed by atoms with Crippen molar-refractivity contribution in [2.45, 2.75) is 39.0 Å². The molecular weight excluding hydrogens is 278 g/mol. The van der Waals surface area contributed by atoms with Crippen molar-refractivity contribution >= 4 is 21.7 Å². The quantitative estimate of drug-likeness (QED) is 0.917. The second kappa shape index (κ2) is 6.34. The maximum absolute atomic E-state index is 4.21. The van der Waals surface area contributed by atoms with Gasteiger partial charge in [0.1, 0.15) is 12.1 Å². The third kappa shape index (κ3) is 3.95. The molecule has 0 aromatic carbocycles. The lowest BCUT2D eigenvalue weighted by Gasteiger charge is -2.26. The lowest BCUT2D eigenvalue weighted by molar-refractivity contribution is 0.274. The first-order valence-electron chi connectivity index (χ1n) is 6.45. The molecule has 0 aliphatic heterocycles. The van der Waals surface area contributed by atoms with Crippen LogP contribution in [0.4, 0.5) is 5.82 Å². The van der Waals surface area contributed by atoms with Crippen molar-refractivity contribution < 1.29 is 0 Å². The van der Waals surface area contributed by atoms with Gasteiger partial charge in [0.2, 0.25) is 0 Å². The van der Waals surface area contributed by atoms with E-state index in [-0.39, 0.29) is 0 Å².